The van der Waals surface area contributed by atoms with Gasteiger partial charge in [-0.1, -0.05) is 134 Å². The van der Waals surface area contributed by atoms with Crippen LogP contribution in [0.25, 0.3) is 20.2 Å². The zero-order valence-corrected chi connectivity index (χ0v) is 45.1. The summed E-state index contributed by atoms with van der Waals surface area (Å²) in [5.74, 6) is 0. The fourth-order valence-corrected chi connectivity index (χ4v) is 14.9. The Bertz CT molecular complexity index is 3480. The summed E-state index contributed by atoms with van der Waals surface area (Å²) in [4.78, 5) is 4.99. The first-order valence-corrected chi connectivity index (χ1v) is 27.0. The minimum absolute atomic E-state index is 0.0157. The average Bonchev–Trinajstić information content (AvgIpc) is 3.67. The van der Waals surface area contributed by atoms with E-state index < -0.39 is 6.85 Å². The second kappa shape index (κ2) is 14.2. The number of rotatable bonds is 2. The molecule has 5 aliphatic rings. The molecule has 4 heteroatoms. The van der Waals surface area contributed by atoms with Crippen LogP contribution in [0.3, 0.4) is 0 Å². The molecule has 1 aromatic heterocycles. The Labute approximate surface area is 423 Å². The summed E-state index contributed by atoms with van der Waals surface area (Å²) in [6.07, 6.45) is 6.71. The third-order valence-electron chi connectivity index (χ3n) is 18.7. The third-order valence-corrected chi connectivity index (χ3v) is 19.8. The summed E-state index contributed by atoms with van der Waals surface area (Å²) in [7, 11) is 0. The molecule has 0 saturated carbocycles. The fraction of sp³-hybridized carbons (Fsp3) is 0.446. The third kappa shape index (κ3) is 6.61. The normalized spacial score (nSPS) is 21.6. The molecular formula is C65H75BN2S. The number of aryl methyl sites for hydroxylation is 1. The zero-order valence-electron chi connectivity index (χ0n) is 47.3. The van der Waals surface area contributed by atoms with Gasteiger partial charge < -0.3 is 9.80 Å². The highest BCUT2D eigenvalue weighted by Gasteiger charge is 2.49. The molecule has 69 heavy (non-hydrogen) atoms. The summed E-state index contributed by atoms with van der Waals surface area (Å²) in [5.41, 5.74) is 20.4. The van der Waals surface area contributed by atoms with Crippen molar-refractivity contribution < 1.29 is 4.11 Å². The fourth-order valence-electron chi connectivity index (χ4n) is 13.8. The maximum absolute atomic E-state index is 9.26. The van der Waals surface area contributed by atoms with Gasteiger partial charge in [0, 0.05) is 58.4 Å². The zero-order chi connectivity index (χ0) is 51.4. The van der Waals surface area contributed by atoms with Gasteiger partial charge in [-0.25, -0.2) is 0 Å². The van der Waals surface area contributed by atoms with Gasteiger partial charge >= 0.3 is 0 Å². The molecule has 0 spiro atoms. The SMILES string of the molecule is [2H]C([2H])([2H])c1cc2c3c(c1)N(c1ccc4sc5cc(C(C)(C)C)ccc5c4c1)c1cc4c(cc1B3c1cc3c(cc1N2c1ccc2c(c1)C(C)(C)CCC2(C)C)C(C)(C)CCC3(C)C)C(C)(C)CCC4(C)C. The molecule has 3 aliphatic carbocycles. The van der Waals surface area contributed by atoms with E-state index in [2.05, 4.69) is 205 Å². The first-order valence-electron chi connectivity index (χ1n) is 27.7. The van der Waals surface area contributed by atoms with E-state index in [0.717, 1.165) is 67.0 Å². The van der Waals surface area contributed by atoms with Crippen LogP contribution in [0, 0.1) is 6.85 Å². The molecule has 0 amide bonds. The standard InChI is InChI=1S/C65H75BN2S/c1-38-29-54-58-55(30-38)68(41-18-21-44-45(33-41)61(7,8)24-23-60(44,5)6)53-37-49-47(63(11,12)26-28-65(49,15)16)35-51(53)66(58)50-34-46-48(64(13,14)27-25-62(46,9)10)36-52(50)67(54)40-19-22-56-43(32-40)42-20-17-39(59(2,3)4)31-57(42)69-56/h17-22,29-37H,23-28H2,1-16H3/i1D3. The molecule has 2 nitrogen and oxygen atoms in total. The van der Waals surface area contributed by atoms with Crippen molar-refractivity contribution >= 4 is 88.7 Å². The van der Waals surface area contributed by atoms with Crippen LogP contribution in [0.4, 0.5) is 34.1 Å². The van der Waals surface area contributed by atoms with Gasteiger partial charge in [0.15, 0.2) is 0 Å². The van der Waals surface area contributed by atoms with Crippen LogP contribution in [0.5, 0.6) is 0 Å². The van der Waals surface area contributed by atoms with Gasteiger partial charge in [0.2, 0.25) is 0 Å². The number of anilines is 6. The van der Waals surface area contributed by atoms with Crippen LogP contribution in [0.1, 0.15) is 191 Å². The molecule has 0 fully saturated rings. The van der Waals surface area contributed by atoms with Gasteiger partial charge in [-0.05, 0) is 205 Å². The topological polar surface area (TPSA) is 6.48 Å². The highest BCUT2D eigenvalue weighted by Crippen LogP contribution is 2.55. The van der Waals surface area contributed by atoms with Crippen molar-refractivity contribution in [1.82, 2.24) is 0 Å². The first kappa shape index (κ1) is 41.9. The maximum atomic E-state index is 9.26. The van der Waals surface area contributed by atoms with Gasteiger partial charge in [0.1, 0.15) is 0 Å². The molecule has 0 unspecified atom stereocenters. The quantitative estimate of drug-likeness (QED) is 0.159. The van der Waals surface area contributed by atoms with Crippen LogP contribution < -0.4 is 26.2 Å². The minimum Gasteiger partial charge on any atom is -0.311 e. The molecule has 0 radical (unpaired) electrons. The van der Waals surface area contributed by atoms with Crippen LogP contribution in [-0.2, 0) is 37.9 Å². The molecule has 12 rings (SSSR count). The van der Waals surface area contributed by atoms with Crippen molar-refractivity contribution in [2.45, 2.75) is 187 Å². The molecule has 354 valence electrons. The van der Waals surface area contributed by atoms with Crippen molar-refractivity contribution in [3.63, 3.8) is 0 Å². The average molecular weight is 930 g/mol. The van der Waals surface area contributed by atoms with E-state index >= 15 is 0 Å². The van der Waals surface area contributed by atoms with E-state index in [0.29, 0.717) is 5.56 Å². The van der Waals surface area contributed by atoms with Crippen LogP contribution >= 0.6 is 11.3 Å². The lowest BCUT2D eigenvalue weighted by atomic mass is 9.32. The van der Waals surface area contributed by atoms with Crippen molar-refractivity contribution in [2.24, 2.45) is 0 Å². The van der Waals surface area contributed by atoms with Crippen molar-refractivity contribution in [3.05, 3.63) is 136 Å². The van der Waals surface area contributed by atoms with Crippen molar-refractivity contribution in [1.29, 1.82) is 0 Å². The smallest absolute Gasteiger partial charge is 0.252 e. The Balaban J connectivity index is 1.22. The lowest BCUT2D eigenvalue weighted by molar-refractivity contribution is 0.332. The van der Waals surface area contributed by atoms with Crippen molar-refractivity contribution in [2.75, 3.05) is 9.80 Å². The Morgan fingerprint density at radius 1 is 0.449 bits per heavy atom. The second-order valence-electron chi connectivity index (χ2n) is 27.2. The largest absolute Gasteiger partial charge is 0.311 e. The van der Waals surface area contributed by atoms with E-state index in [1.54, 1.807) is 0 Å². The van der Waals surface area contributed by atoms with Gasteiger partial charge in [-0.15, -0.1) is 11.3 Å². The van der Waals surface area contributed by atoms with Crippen LogP contribution in [0.15, 0.2) is 91.0 Å². The van der Waals surface area contributed by atoms with Gasteiger partial charge in [0.25, 0.3) is 6.71 Å². The van der Waals surface area contributed by atoms with Crippen molar-refractivity contribution in [3.8, 4) is 0 Å². The predicted molar refractivity (Wildman–Crippen MR) is 303 cm³/mol. The molecular weight excluding hydrogens is 852 g/mol. The molecule has 7 aromatic rings. The maximum Gasteiger partial charge on any atom is 0.252 e. The number of benzene rings is 6. The Kier molecular flexibility index (Phi) is 8.63. The molecule has 6 aromatic carbocycles. The lowest BCUT2D eigenvalue weighted by Gasteiger charge is -2.49. The van der Waals surface area contributed by atoms with E-state index in [1.165, 1.54) is 81.2 Å². The van der Waals surface area contributed by atoms with E-state index in [1.807, 2.05) is 11.3 Å². The summed E-state index contributed by atoms with van der Waals surface area (Å²) in [6.45, 7) is 33.6. The minimum atomic E-state index is -2.36. The Morgan fingerprint density at radius 2 is 0.899 bits per heavy atom. The van der Waals surface area contributed by atoms with Gasteiger partial charge in [-0.3, -0.25) is 0 Å². The predicted octanol–water partition coefficient (Wildman–Crippen LogP) is 16.8. The van der Waals surface area contributed by atoms with Crippen LogP contribution in [0.2, 0.25) is 0 Å². The highest BCUT2D eigenvalue weighted by molar-refractivity contribution is 7.25. The molecule has 0 N–H and O–H groups in total. The van der Waals surface area contributed by atoms with E-state index in [9.17, 15) is 4.11 Å². The van der Waals surface area contributed by atoms with Gasteiger partial charge in [0.05, 0.1) is 0 Å². The summed E-state index contributed by atoms with van der Waals surface area (Å²) in [5, 5.41) is 2.50. The number of hydrogen-bond acceptors (Lipinski definition) is 3. The van der Waals surface area contributed by atoms with E-state index in [-0.39, 0.29) is 44.6 Å². The lowest BCUT2D eigenvalue weighted by Crippen LogP contribution is -2.62. The highest BCUT2D eigenvalue weighted by atomic mass is 32.1. The monoisotopic (exact) mass is 930 g/mol. The first-order chi connectivity index (χ1) is 33.4. The Morgan fingerprint density at radius 3 is 1.39 bits per heavy atom. The second-order valence-corrected chi connectivity index (χ2v) is 28.3. The number of thiophene rings is 1. The van der Waals surface area contributed by atoms with E-state index in [4.69, 9.17) is 0 Å². The number of hydrogen-bond donors (Lipinski definition) is 0. The molecule has 0 saturated heterocycles. The molecule has 2 aliphatic heterocycles. The molecule has 0 atom stereocenters. The summed E-state index contributed by atoms with van der Waals surface area (Å²) < 4.78 is 30.3. The summed E-state index contributed by atoms with van der Waals surface area (Å²) in [6, 6.07) is 35.8. The Hall–Kier alpha value is -4.80. The van der Waals surface area contributed by atoms with Crippen LogP contribution in [-0.4, -0.2) is 6.71 Å². The number of nitrogens with zero attached hydrogens (tertiary/aromatic N) is 2. The molecule has 0 bridgehead atoms. The number of fused-ring (bicyclic) bond motifs is 10. The van der Waals surface area contributed by atoms with Gasteiger partial charge in [-0.2, -0.15) is 0 Å². The summed E-state index contributed by atoms with van der Waals surface area (Å²) >= 11 is 1.87. The molecule has 3 heterocycles.